The predicted octanol–water partition coefficient (Wildman–Crippen LogP) is 2.55. The lowest BCUT2D eigenvalue weighted by molar-refractivity contribution is -0.115. The van der Waals surface area contributed by atoms with Gasteiger partial charge in [-0.25, -0.2) is 8.42 Å². The first kappa shape index (κ1) is 24.0. The summed E-state index contributed by atoms with van der Waals surface area (Å²) in [5.41, 5.74) is 1.44. The summed E-state index contributed by atoms with van der Waals surface area (Å²) >= 11 is 1.46. The van der Waals surface area contributed by atoms with Crippen molar-refractivity contribution in [3.8, 4) is 0 Å². The van der Waals surface area contributed by atoms with E-state index in [9.17, 15) is 13.2 Å². The molecule has 1 fully saturated rings. The van der Waals surface area contributed by atoms with Gasteiger partial charge in [0.05, 0.1) is 21.5 Å². The molecule has 0 spiro atoms. The number of sulfonamides is 1. The molecule has 0 saturated carbocycles. The number of hydrogen-bond acceptors (Lipinski definition) is 6. The van der Waals surface area contributed by atoms with Gasteiger partial charge in [-0.2, -0.15) is 16.1 Å². The van der Waals surface area contributed by atoms with E-state index in [1.165, 1.54) is 16.1 Å². The Bertz CT molecular complexity index is 789. The molecular formula is C20H34N4O3S2. The van der Waals surface area contributed by atoms with Gasteiger partial charge in [-0.1, -0.05) is 20.8 Å². The van der Waals surface area contributed by atoms with Gasteiger partial charge in [-0.3, -0.25) is 4.79 Å². The molecule has 1 aromatic carbocycles. The minimum Gasteiger partial charge on any atom is -0.367 e. The van der Waals surface area contributed by atoms with Crippen molar-refractivity contribution in [2.45, 2.75) is 37.8 Å². The summed E-state index contributed by atoms with van der Waals surface area (Å²) < 4.78 is 27.4. The van der Waals surface area contributed by atoms with Crippen molar-refractivity contribution >= 4 is 39.1 Å². The van der Waals surface area contributed by atoms with E-state index in [4.69, 9.17) is 0 Å². The Balaban J connectivity index is 2.41. The van der Waals surface area contributed by atoms with Crippen molar-refractivity contribution < 1.29 is 13.2 Å². The summed E-state index contributed by atoms with van der Waals surface area (Å²) in [6.45, 7) is 13.1. The van der Waals surface area contributed by atoms with Gasteiger partial charge in [0.2, 0.25) is 15.9 Å². The lowest BCUT2D eigenvalue weighted by atomic mass is 10.2. The number of anilines is 2. The van der Waals surface area contributed by atoms with Crippen LogP contribution in [0.1, 0.15) is 27.7 Å². The summed E-state index contributed by atoms with van der Waals surface area (Å²) in [4.78, 5) is 17.4. The quantitative estimate of drug-likeness (QED) is 0.634. The molecule has 0 bridgehead atoms. The van der Waals surface area contributed by atoms with E-state index in [2.05, 4.69) is 22.0 Å². The molecule has 1 aromatic rings. The first-order valence-electron chi connectivity index (χ1n) is 10.2. The molecular weight excluding hydrogens is 408 g/mol. The van der Waals surface area contributed by atoms with Crippen LogP contribution in [0, 0.1) is 0 Å². The van der Waals surface area contributed by atoms with E-state index < -0.39 is 10.0 Å². The maximum Gasteiger partial charge on any atom is 0.243 e. The van der Waals surface area contributed by atoms with Gasteiger partial charge in [0.15, 0.2) is 0 Å². The number of piperazine rings is 1. The van der Waals surface area contributed by atoms with E-state index in [1.807, 2.05) is 33.1 Å². The summed E-state index contributed by atoms with van der Waals surface area (Å²) in [5.74, 6) is -0.122. The summed E-state index contributed by atoms with van der Waals surface area (Å²) in [6, 6.07) is 5.10. The van der Waals surface area contributed by atoms with Crippen LogP contribution in [0.4, 0.5) is 11.4 Å². The van der Waals surface area contributed by atoms with Crippen LogP contribution in [0.5, 0.6) is 0 Å². The molecule has 1 amide bonds. The topological polar surface area (TPSA) is 73.0 Å². The van der Waals surface area contributed by atoms with Crippen molar-refractivity contribution in [2.24, 2.45) is 0 Å². The minimum absolute atomic E-state index is 0.122. The lowest BCUT2D eigenvalue weighted by Gasteiger charge is -2.36. The number of thioether (sulfide) groups is 1. The fraction of sp³-hybridized carbons (Fsp3) is 0.650. The number of nitrogens with zero attached hydrogens (tertiary/aromatic N) is 3. The van der Waals surface area contributed by atoms with E-state index in [0.717, 1.165) is 38.4 Å². The zero-order chi connectivity index (χ0) is 21.6. The number of carbonyl (C=O) groups is 1. The first-order chi connectivity index (χ1) is 13.8. The van der Waals surface area contributed by atoms with Gasteiger partial charge < -0.3 is 15.1 Å². The van der Waals surface area contributed by atoms with Crippen molar-refractivity contribution in [2.75, 3.05) is 62.3 Å². The molecule has 2 rings (SSSR count). The molecule has 0 radical (unpaired) electrons. The predicted molar refractivity (Wildman–Crippen MR) is 122 cm³/mol. The second-order valence-electron chi connectivity index (χ2n) is 7.06. The van der Waals surface area contributed by atoms with E-state index in [0.29, 0.717) is 18.8 Å². The highest BCUT2D eigenvalue weighted by Gasteiger charge is 2.26. The van der Waals surface area contributed by atoms with Crippen LogP contribution < -0.4 is 10.2 Å². The van der Waals surface area contributed by atoms with Gasteiger partial charge in [0.25, 0.3) is 0 Å². The van der Waals surface area contributed by atoms with Crippen molar-refractivity contribution in [1.29, 1.82) is 0 Å². The van der Waals surface area contributed by atoms with Crippen LogP contribution in [0.2, 0.25) is 0 Å². The van der Waals surface area contributed by atoms with Gasteiger partial charge in [-0.15, -0.1) is 0 Å². The molecule has 29 heavy (non-hydrogen) atoms. The number of amides is 1. The van der Waals surface area contributed by atoms with Crippen LogP contribution in [-0.4, -0.2) is 80.8 Å². The lowest BCUT2D eigenvalue weighted by Crippen LogP contribution is -2.46. The maximum absolute atomic E-state index is 13.0. The molecule has 1 heterocycles. The maximum atomic E-state index is 13.0. The molecule has 1 aliphatic heterocycles. The van der Waals surface area contributed by atoms with Crippen LogP contribution >= 0.6 is 11.8 Å². The fourth-order valence-corrected chi connectivity index (χ4v) is 5.17. The summed E-state index contributed by atoms with van der Waals surface area (Å²) in [5, 5.41) is 2.75. The van der Waals surface area contributed by atoms with Gasteiger partial charge in [-0.05, 0) is 37.9 Å². The number of carbonyl (C=O) groups excluding carboxylic acids is 1. The van der Waals surface area contributed by atoms with Gasteiger partial charge >= 0.3 is 0 Å². The second kappa shape index (κ2) is 10.7. The zero-order valence-corrected chi connectivity index (χ0v) is 19.8. The number of likely N-dealkylation sites (N-methyl/N-ethyl adjacent to an activating group) is 1. The molecule has 0 aliphatic carbocycles. The van der Waals surface area contributed by atoms with Crippen LogP contribution in [0.15, 0.2) is 23.1 Å². The SMILES string of the molecule is CCN1CCN(c2ccc(S(=O)(=O)N(CC)CC)cc2NC(=O)C(C)SC)CC1. The third kappa shape index (κ3) is 5.65. The highest BCUT2D eigenvalue weighted by Crippen LogP contribution is 2.31. The Kier molecular flexibility index (Phi) is 8.81. The summed E-state index contributed by atoms with van der Waals surface area (Å²) in [6.07, 6.45) is 1.89. The molecule has 1 atom stereocenters. The Hall–Kier alpha value is -1.29. The number of hydrogen-bond donors (Lipinski definition) is 1. The van der Waals surface area contributed by atoms with E-state index in [1.54, 1.807) is 12.1 Å². The van der Waals surface area contributed by atoms with Crippen molar-refractivity contribution in [3.63, 3.8) is 0 Å². The third-order valence-electron chi connectivity index (χ3n) is 5.45. The molecule has 1 saturated heterocycles. The molecule has 1 unspecified atom stereocenters. The first-order valence-corrected chi connectivity index (χ1v) is 13.0. The Morgan fingerprint density at radius 3 is 2.31 bits per heavy atom. The average Bonchev–Trinajstić information content (AvgIpc) is 2.73. The van der Waals surface area contributed by atoms with Crippen LogP contribution in [0.3, 0.4) is 0 Å². The van der Waals surface area contributed by atoms with Crippen LogP contribution in [-0.2, 0) is 14.8 Å². The Labute approximate surface area is 179 Å². The Morgan fingerprint density at radius 1 is 1.17 bits per heavy atom. The number of rotatable bonds is 9. The fourth-order valence-electron chi connectivity index (χ4n) is 3.41. The third-order valence-corrected chi connectivity index (χ3v) is 8.42. The van der Waals surface area contributed by atoms with Crippen molar-refractivity contribution in [3.05, 3.63) is 18.2 Å². The molecule has 9 heteroatoms. The molecule has 7 nitrogen and oxygen atoms in total. The van der Waals surface area contributed by atoms with E-state index in [-0.39, 0.29) is 16.1 Å². The van der Waals surface area contributed by atoms with Gasteiger partial charge in [0.1, 0.15) is 0 Å². The number of benzene rings is 1. The van der Waals surface area contributed by atoms with Crippen LogP contribution in [0.25, 0.3) is 0 Å². The largest absolute Gasteiger partial charge is 0.367 e. The van der Waals surface area contributed by atoms with Crippen molar-refractivity contribution in [1.82, 2.24) is 9.21 Å². The van der Waals surface area contributed by atoms with E-state index >= 15 is 0 Å². The Morgan fingerprint density at radius 2 is 1.79 bits per heavy atom. The second-order valence-corrected chi connectivity index (χ2v) is 10.2. The molecule has 164 valence electrons. The molecule has 0 aromatic heterocycles. The monoisotopic (exact) mass is 442 g/mol. The standard InChI is InChI=1S/C20H34N4O3S2/c1-6-22-11-13-23(14-12-22)19-10-9-17(29(26,27)24(7-2)8-3)15-18(19)21-20(25)16(4)28-5/h9-10,15-16H,6-8,11-14H2,1-5H3,(H,21,25). The highest BCUT2D eigenvalue weighted by molar-refractivity contribution is 7.99. The summed E-state index contributed by atoms with van der Waals surface area (Å²) in [7, 11) is -3.60. The highest BCUT2D eigenvalue weighted by atomic mass is 32.2. The zero-order valence-electron chi connectivity index (χ0n) is 18.1. The smallest absolute Gasteiger partial charge is 0.243 e. The average molecular weight is 443 g/mol. The normalized spacial score (nSPS) is 16.8. The molecule has 1 N–H and O–H groups in total. The number of nitrogens with one attached hydrogen (secondary N) is 1. The van der Waals surface area contributed by atoms with Gasteiger partial charge in [0, 0.05) is 39.3 Å². The molecule has 1 aliphatic rings. The minimum atomic E-state index is -3.60.